The van der Waals surface area contributed by atoms with Gasteiger partial charge in [-0.2, -0.15) is 0 Å². The molecule has 1 aromatic heterocycles. The highest BCUT2D eigenvalue weighted by atomic mass is 16.5. The van der Waals surface area contributed by atoms with Gasteiger partial charge in [0, 0.05) is 12.1 Å². The minimum absolute atomic E-state index is 0.177. The zero-order chi connectivity index (χ0) is 20.9. The number of carbonyl (C=O) groups excluding carboxylic acids is 1. The summed E-state index contributed by atoms with van der Waals surface area (Å²) in [4.78, 5) is 20.8. The normalized spacial score (nSPS) is 10.9. The number of H-pyrrole nitrogens is 1. The number of amides is 1. The summed E-state index contributed by atoms with van der Waals surface area (Å²) in [5, 5.41) is 2.98. The maximum absolute atomic E-state index is 12.7. The third kappa shape index (κ3) is 4.51. The summed E-state index contributed by atoms with van der Waals surface area (Å²) in [5.41, 5.74) is 5.71. The van der Waals surface area contributed by atoms with E-state index < -0.39 is 0 Å². The molecule has 0 bridgehead atoms. The number of anilines is 1. The molecule has 4 rings (SSSR count). The summed E-state index contributed by atoms with van der Waals surface area (Å²) in [6.45, 7) is 4.50. The van der Waals surface area contributed by atoms with Crippen LogP contribution in [0.2, 0.25) is 0 Å². The van der Waals surface area contributed by atoms with E-state index in [1.165, 1.54) is 5.56 Å². The van der Waals surface area contributed by atoms with E-state index in [4.69, 9.17) is 4.74 Å². The van der Waals surface area contributed by atoms with Crippen LogP contribution in [-0.2, 0) is 12.8 Å². The van der Waals surface area contributed by atoms with E-state index in [0.29, 0.717) is 17.9 Å². The Balaban J connectivity index is 1.44. The van der Waals surface area contributed by atoms with E-state index in [-0.39, 0.29) is 5.91 Å². The number of aromatic nitrogens is 2. The van der Waals surface area contributed by atoms with Gasteiger partial charge in [-0.1, -0.05) is 30.3 Å². The first-order valence-corrected chi connectivity index (χ1v) is 10.2. The molecule has 0 radical (unpaired) electrons. The van der Waals surface area contributed by atoms with Gasteiger partial charge in [-0.3, -0.25) is 4.79 Å². The number of fused-ring (bicyclic) bond motifs is 1. The Morgan fingerprint density at radius 3 is 2.77 bits per heavy atom. The van der Waals surface area contributed by atoms with Crippen molar-refractivity contribution in [3.8, 4) is 5.75 Å². The van der Waals surface area contributed by atoms with Gasteiger partial charge in [0.15, 0.2) is 0 Å². The van der Waals surface area contributed by atoms with Gasteiger partial charge >= 0.3 is 0 Å². The van der Waals surface area contributed by atoms with Crippen molar-refractivity contribution in [1.82, 2.24) is 9.97 Å². The number of benzene rings is 3. The number of rotatable bonds is 7. The third-order valence-electron chi connectivity index (χ3n) is 4.95. The van der Waals surface area contributed by atoms with E-state index in [0.717, 1.165) is 41.0 Å². The first-order chi connectivity index (χ1) is 14.6. The molecule has 0 saturated heterocycles. The molecule has 1 amide bonds. The summed E-state index contributed by atoms with van der Waals surface area (Å²) < 4.78 is 5.57. The van der Waals surface area contributed by atoms with Crippen molar-refractivity contribution in [3.63, 3.8) is 0 Å². The zero-order valence-electron chi connectivity index (χ0n) is 17.2. The molecule has 2 N–H and O–H groups in total. The van der Waals surface area contributed by atoms with Crippen LogP contribution in [0.15, 0.2) is 66.7 Å². The highest BCUT2D eigenvalue weighted by Crippen LogP contribution is 2.21. The van der Waals surface area contributed by atoms with Crippen molar-refractivity contribution >= 4 is 22.6 Å². The molecule has 4 aromatic rings. The molecule has 0 aliphatic carbocycles. The summed E-state index contributed by atoms with van der Waals surface area (Å²) in [7, 11) is 0. The number of nitrogens with zero attached hydrogens (tertiary/aromatic N) is 1. The summed E-state index contributed by atoms with van der Waals surface area (Å²) in [6, 6.07) is 21.4. The van der Waals surface area contributed by atoms with E-state index in [2.05, 4.69) is 40.4 Å². The van der Waals surface area contributed by atoms with Crippen LogP contribution in [0.4, 0.5) is 5.69 Å². The minimum Gasteiger partial charge on any atom is -0.493 e. The second-order valence-corrected chi connectivity index (χ2v) is 7.29. The van der Waals surface area contributed by atoms with Crippen molar-refractivity contribution in [1.29, 1.82) is 0 Å². The standard InChI is InChI=1S/C25H25N3O2/c1-3-30-23-10-5-4-9-20(23)25(29)26-19-8-6-7-18(16-19)12-14-24-27-21-13-11-17(2)15-22(21)28-24/h4-11,13,15-16H,3,12,14H2,1-2H3,(H,26,29)(H,27,28). The molecule has 0 fully saturated rings. The fraction of sp³-hybridized carbons (Fsp3) is 0.200. The van der Waals surface area contributed by atoms with E-state index >= 15 is 0 Å². The number of nitrogens with one attached hydrogen (secondary N) is 2. The number of para-hydroxylation sites is 1. The van der Waals surface area contributed by atoms with Crippen LogP contribution >= 0.6 is 0 Å². The van der Waals surface area contributed by atoms with Crippen LogP contribution in [0.25, 0.3) is 11.0 Å². The predicted octanol–water partition coefficient (Wildman–Crippen LogP) is 5.31. The Labute approximate surface area is 176 Å². The number of ether oxygens (including phenoxy) is 1. The Hall–Kier alpha value is -3.60. The number of aromatic amines is 1. The molecule has 152 valence electrons. The number of hydrogen-bond acceptors (Lipinski definition) is 3. The molecule has 0 aliphatic heterocycles. The van der Waals surface area contributed by atoms with Crippen LogP contribution in [0.5, 0.6) is 5.75 Å². The van der Waals surface area contributed by atoms with Crippen molar-refractivity contribution in [3.05, 3.63) is 89.2 Å². The molecule has 0 atom stereocenters. The van der Waals surface area contributed by atoms with Gasteiger partial charge in [0.1, 0.15) is 11.6 Å². The first-order valence-electron chi connectivity index (χ1n) is 10.2. The Morgan fingerprint density at radius 1 is 1.03 bits per heavy atom. The maximum Gasteiger partial charge on any atom is 0.259 e. The largest absolute Gasteiger partial charge is 0.493 e. The molecule has 30 heavy (non-hydrogen) atoms. The minimum atomic E-state index is -0.177. The molecule has 5 heteroatoms. The van der Waals surface area contributed by atoms with Crippen molar-refractivity contribution in [2.75, 3.05) is 11.9 Å². The van der Waals surface area contributed by atoms with Gasteiger partial charge in [-0.25, -0.2) is 4.98 Å². The van der Waals surface area contributed by atoms with E-state index in [1.54, 1.807) is 6.07 Å². The molecule has 0 unspecified atom stereocenters. The summed E-state index contributed by atoms with van der Waals surface area (Å²) in [5.74, 6) is 1.38. The van der Waals surface area contributed by atoms with Crippen molar-refractivity contribution in [2.24, 2.45) is 0 Å². The lowest BCUT2D eigenvalue weighted by molar-refractivity contribution is 0.102. The number of hydrogen-bond donors (Lipinski definition) is 2. The number of carbonyl (C=O) groups is 1. The van der Waals surface area contributed by atoms with Crippen LogP contribution in [0.1, 0.15) is 34.2 Å². The molecule has 3 aromatic carbocycles. The average Bonchev–Trinajstić information content (AvgIpc) is 3.15. The molecule has 1 heterocycles. The quantitative estimate of drug-likeness (QED) is 0.443. The van der Waals surface area contributed by atoms with E-state index in [1.807, 2.05) is 49.4 Å². The molecular weight excluding hydrogens is 374 g/mol. The topological polar surface area (TPSA) is 67.0 Å². The highest BCUT2D eigenvalue weighted by Gasteiger charge is 2.12. The number of aryl methyl sites for hydroxylation is 3. The van der Waals surface area contributed by atoms with E-state index in [9.17, 15) is 4.79 Å². The van der Waals surface area contributed by atoms with Gasteiger partial charge in [-0.05, 0) is 67.8 Å². The van der Waals surface area contributed by atoms with Gasteiger partial charge in [0.05, 0.1) is 23.2 Å². The fourth-order valence-electron chi connectivity index (χ4n) is 3.50. The second-order valence-electron chi connectivity index (χ2n) is 7.29. The Kier molecular flexibility index (Phi) is 5.80. The van der Waals surface area contributed by atoms with Gasteiger partial charge in [-0.15, -0.1) is 0 Å². The molecular formula is C25H25N3O2. The SMILES string of the molecule is CCOc1ccccc1C(=O)Nc1cccc(CCc2nc3ccc(C)cc3[nH]2)c1. The Bertz CT molecular complexity index is 1180. The number of imidazole rings is 1. The monoisotopic (exact) mass is 399 g/mol. The molecule has 5 nitrogen and oxygen atoms in total. The first kappa shape index (κ1) is 19.7. The zero-order valence-corrected chi connectivity index (χ0v) is 17.2. The summed E-state index contributed by atoms with van der Waals surface area (Å²) >= 11 is 0. The molecule has 0 saturated carbocycles. The van der Waals surface area contributed by atoms with Crippen LogP contribution < -0.4 is 10.1 Å². The van der Waals surface area contributed by atoms with Gasteiger partial charge in [0.25, 0.3) is 5.91 Å². The lowest BCUT2D eigenvalue weighted by atomic mass is 10.1. The molecule has 0 aliphatic rings. The van der Waals surface area contributed by atoms with Gasteiger partial charge < -0.3 is 15.0 Å². The second kappa shape index (κ2) is 8.82. The van der Waals surface area contributed by atoms with Gasteiger partial charge in [0.2, 0.25) is 0 Å². The average molecular weight is 399 g/mol. The highest BCUT2D eigenvalue weighted by molar-refractivity contribution is 6.06. The Morgan fingerprint density at radius 2 is 1.90 bits per heavy atom. The predicted molar refractivity (Wildman–Crippen MR) is 120 cm³/mol. The maximum atomic E-state index is 12.7. The molecule has 0 spiro atoms. The van der Waals surface area contributed by atoms with Crippen LogP contribution in [0, 0.1) is 6.92 Å². The fourth-order valence-corrected chi connectivity index (χ4v) is 3.50. The van der Waals surface area contributed by atoms with Crippen molar-refractivity contribution < 1.29 is 9.53 Å². The lowest BCUT2D eigenvalue weighted by Gasteiger charge is -2.11. The van der Waals surface area contributed by atoms with Crippen LogP contribution in [0.3, 0.4) is 0 Å². The lowest BCUT2D eigenvalue weighted by Crippen LogP contribution is -2.13. The van der Waals surface area contributed by atoms with Crippen LogP contribution in [-0.4, -0.2) is 22.5 Å². The van der Waals surface area contributed by atoms with Crippen molar-refractivity contribution in [2.45, 2.75) is 26.7 Å². The summed E-state index contributed by atoms with van der Waals surface area (Å²) in [6.07, 6.45) is 1.64. The smallest absolute Gasteiger partial charge is 0.259 e. The third-order valence-corrected chi connectivity index (χ3v) is 4.95.